The second kappa shape index (κ2) is 5.84. The second-order valence-corrected chi connectivity index (χ2v) is 6.74. The molecule has 0 amide bonds. The van der Waals surface area contributed by atoms with Crippen LogP contribution in [0.15, 0.2) is 12.2 Å². The van der Waals surface area contributed by atoms with E-state index in [0.717, 1.165) is 51.4 Å². The first-order valence-electron chi connectivity index (χ1n) is 8.71. The van der Waals surface area contributed by atoms with E-state index in [2.05, 4.69) is 18.7 Å². The number of rotatable bonds is 0. The lowest BCUT2D eigenvalue weighted by molar-refractivity contribution is -0.103. The van der Waals surface area contributed by atoms with Crippen LogP contribution in [0.2, 0.25) is 0 Å². The Kier molecular flexibility index (Phi) is 4.48. The molecule has 0 aromatic carbocycles. The Morgan fingerprint density at radius 3 is 1.38 bits per heavy atom. The summed E-state index contributed by atoms with van der Waals surface area (Å²) in [5.74, 6) is 0. The van der Waals surface area contributed by atoms with Gasteiger partial charge in [0, 0.05) is 10.8 Å². The molecule has 3 aliphatic carbocycles. The molecule has 0 aromatic heterocycles. The highest BCUT2D eigenvalue weighted by atomic mass is 14.8. The minimum absolute atomic E-state index is 0.175. The molecule has 2 spiro atoms. The molecule has 0 radical (unpaired) electrons. The van der Waals surface area contributed by atoms with Gasteiger partial charge in [-0.05, 0) is 25.7 Å². The van der Waals surface area contributed by atoms with Crippen molar-refractivity contribution in [3.05, 3.63) is 12.2 Å². The summed E-state index contributed by atoms with van der Waals surface area (Å²) in [5.41, 5.74) is 0.137. The summed E-state index contributed by atoms with van der Waals surface area (Å²) in [5, 5.41) is 19.8. The largest absolute Gasteiger partial charge is 0.196 e. The van der Waals surface area contributed by atoms with Crippen LogP contribution in [-0.2, 0) is 0 Å². The van der Waals surface area contributed by atoms with Gasteiger partial charge in [0.15, 0.2) is 5.41 Å². The zero-order valence-corrected chi connectivity index (χ0v) is 13.7. The van der Waals surface area contributed by atoms with Gasteiger partial charge in [0.1, 0.15) is 0 Å². The van der Waals surface area contributed by atoms with Crippen LogP contribution in [0.1, 0.15) is 78.1 Å². The van der Waals surface area contributed by atoms with E-state index in [0.29, 0.717) is 0 Å². The molecule has 0 aliphatic heterocycles. The van der Waals surface area contributed by atoms with Gasteiger partial charge in [0.2, 0.25) is 0 Å². The molecule has 21 heavy (non-hydrogen) atoms. The molecule has 0 unspecified atom stereocenters. The lowest BCUT2D eigenvalue weighted by Gasteiger charge is -2.69. The Balaban J connectivity index is 0.000000774. The van der Waals surface area contributed by atoms with Crippen LogP contribution in [-0.4, -0.2) is 0 Å². The van der Waals surface area contributed by atoms with Gasteiger partial charge in [-0.25, -0.2) is 0 Å². The van der Waals surface area contributed by atoms with Crippen LogP contribution >= 0.6 is 0 Å². The Morgan fingerprint density at radius 2 is 1.10 bits per heavy atom. The SMILES string of the molecule is C=C1C2(CCCCC2)C(C#N)(C#N)C12CCCCC2.CC. The lowest BCUT2D eigenvalue weighted by atomic mass is 9.30. The van der Waals surface area contributed by atoms with Crippen LogP contribution in [0.3, 0.4) is 0 Å². The highest BCUT2D eigenvalue weighted by Crippen LogP contribution is 2.78. The molecule has 3 rings (SSSR count). The van der Waals surface area contributed by atoms with Gasteiger partial charge in [0.05, 0.1) is 12.1 Å². The number of hydrogen-bond acceptors (Lipinski definition) is 2. The van der Waals surface area contributed by atoms with Crippen molar-refractivity contribution in [2.24, 2.45) is 16.2 Å². The Hall–Kier alpha value is -1.28. The van der Waals surface area contributed by atoms with Gasteiger partial charge in [-0.15, -0.1) is 0 Å². The van der Waals surface area contributed by atoms with Crippen LogP contribution in [0.4, 0.5) is 0 Å². The van der Waals surface area contributed by atoms with Crippen LogP contribution in [0.5, 0.6) is 0 Å². The first-order valence-corrected chi connectivity index (χ1v) is 8.71. The molecular formula is C19H28N2. The smallest absolute Gasteiger partial charge is 0.162 e. The van der Waals surface area contributed by atoms with E-state index in [-0.39, 0.29) is 10.8 Å². The number of nitrogens with zero attached hydrogens (tertiary/aromatic N) is 2. The normalized spacial score (nSPS) is 27.7. The van der Waals surface area contributed by atoms with Gasteiger partial charge in [-0.1, -0.05) is 64.5 Å². The summed E-state index contributed by atoms with van der Waals surface area (Å²) in [4.78, 5) is 0. The van der Waals surface area contributed by atoms with Gasteiger partial charge < -0.3 is 0 Å². The summed E-state index contributed by atoms with van der Waals surface area (Å²) in [6.07, 6.45) is 11.1. The molecule has 2 nitrogen and oxygen atoms in total. The molecule has 0 bridgehead atoms. The number of nitriles is 2. The molecule has 0 heterocycles. The maximum Gasteiger partial charge on any atom is 0.162 e. The summed E-state index contributed by atoms with van der Waals surface area (Å²) >= 11 is 0. The molecule has 0 aromatic rings. The third kappa shape index (κ3) is 1.75. The molecule has 0 saturated heterocycles. The summed E-state index contributed by atoms with van der Waals surface area (Å²) < 4.78 is 0. The Labute approximate surface area is 129 Å². The predicted octanol–water partition coefficient (Wildman–Crippen LogP) is 5.52. The first kappa shape index (κ1) is 16.1. The van der Waals surface area contributed by atoms with E-state index in [4.69, 9.17) is 0 Å². The van der Waals surface area contributed by atoms with E-state index in [1.807, 2.05) is 13.8 Å². The molecule has 3 aliphatic rings. The Morgan fingerprint density at radius 1 is 0.762 bits per heavy atom. The molecule has 2 heteroatoms. The standard InChI is InChI=1S/C17H22N2.C2H6/c1-14-15(8-4-2-5-9-15)17(12-18,13-19)16(14)10-6-3-7-11-16;1-2/h1-11H2;1-2H3. The van der Waals surface area contributed by atoms with Crippen molar-refractivity contribution < 1.29 is 0 Å². The molecule has 3 fully saturated rings. The molecule has 0 N–H and O–H groups in total. The lowest BCUT2D eigenvalue weighted by Crippen LogP contribution is -2.67. The van der Waals surface area contributed by atoms with Crippen LogP contribution < -0.4 is 0 Å². The molecule has 0 atom stereocenters. The minimum Gasteiger partial charge on any atom is -0.196 e. The fourth-order valence-corrected chi connectivity index (χ4v) is 5.42. The average Bonchev–Trinajstić information content (AvgIpc) is 2.59. The van der Waals surface area contributed by atoms with Gasteiger partial charge in [-0.2, -0.15) is 10.5 Å². The van der Waals surface area contributed by atoms with Crippen LogP contribution in [0.25, 0.3) is 0 Å². The van der Waals surface area contributed by atoms with Gasteiger partial charge >= 0.3 is 0 Å². The van der Waals surface area contributed by atoms with E-state index in [1.165, 1.54) is 18.4 Å². The zero-order chi connectivity index (χ0) is 15.6. The molecular weight excluding hydrogens is 256 g/mol. The Bertz CT molecular complexity index is 433. The van der Waals surface area contributed by atoms with E-state index in [9.17, 15) is 10.5 Å². The van der Waals surface area contributed by atoms with Crippen molar-refractivity contribution in [3.8, 4) is 12.1 Å². The van der Waals surface area contributed by atoms with Crippen molar-refractivity contribution in [2.45, 2.75) is 78.1 Å². The maximum atomic E-state index is 9.88. The van der Waals surface area contributed by atoms with E-state index in [1.54, 1.807) is 0 Å². The first-order chi connectivity index (χ1) is 10.2. The maximum absolute atomic E-state index is 9.88. The number of allylic oxidation sites excluding steroid dienone is 1. The third-order valence-electron chi connectivity index (χ3n) is 6.34. The fourth-order valence-electron chi connectivity index (χ4n) is 5.42. The monoisotopic (exact) mass is 284 g/mol. The second-order valence-electron chi connectivity index (χ2n) is 6.74. The van der Waals surface area contributed by atoms with E-state index < -0.39 is 5.41 Å². The summed E-state index contributed by atoms with van der Waals surface area (Å²) in [6.45, 7) is 8.40. The van der Waals surface area contributed by atoms with Crippen molar-refractivity contribution in [1.82, 2.24) is 0 Å². The predicted molar refractivity (Wildman–Crippen MR) is 85.2 cm³/mol. The van der Waals surface area contributed by atoms with Crippen molar-refractivity contribution in [1.29, 1.82) is 10.5 Å². The topological polar surface area (TPSA) is 47.6 Å². The fraction of sp³-hybridized carbons (Fsp3) is 0.789. The van der Waals surface area contributed by atoms with Crippen LogP contribution in [0, 0.1) is 38.9 Å². The summed E-state index contributed by atoms with van der Waals surface area (Å²) in [7, 11) is 0. The third-order valence-corrected chi connectivity index (χ3v) is 6.34. The quantitative estimate of drug-likeness (QED) is 0.550. The average molecular weight is 284 g/mol. The van der Waals surface area contributed by atoms with Gasteiger partial charge in [0.25, 0.3) is 0 Å². The molecule has 114 valence electrons. The van der Waals surface area contributed by atoms with Crippen molar-refractivity contribution in [3.63, 3.8) is 0 Å². The minimum atomic E-state index is -0.780. The zero-order valence-electron chi connectivity index (χ0n) is 13.7. The van der Waals surface area contributed by atoms with Crippen molar-refractivity contribution >= 4 is 0 Å². The molecule has 3 saturated carbocycles. The highest BCUT2D eigenvalue weighted by molar-refractivity contribution is 5.51. The highest BCUT2D eigenvalue weighted by Gasteiger charge is 2.76. The van der Waals surface area contributed by atoms with Crippen molar-refractivity contribution in [2.75, 3.05) is 0 Å². The summed E-state index contributed by atoms with van der Waals surface area (Å²) in [6, 6.07) is 4.99. The van der Waals surface area contributed by atoms with E-state index >= 15 is 0 Å². The number of hydrogen-bond donors (Lipinski definition) is 0. The van der Waals surface area contributed by atoms with Gasteiger partial charge in [-0.3, -0.25) is 0 Å².